The average molecular weight is 450 g/mol. The van der Waals surface area contributed by atoms with E-state index >= 15 is 0 Å². The second kappa shape index (κ2) is 13.2. The molecule has 0 bridgehead atoms. The van der Waals surface area contributed by atoms with E-state index in [0.717, 1.165) is 53.1 Å². The van der Waals surface area contributed by atoms with Gasteiger partial charge in [0.15, 0.2) is 0 Å². The van der Waals surface area contributed by atoms with Gasteiger partial charge in [0.05, 0.1) is 18.9 Å². The van der Waals surface area contributed by atoms with E-state index in [9.17, 15) is 0 Å². The van der Waals surface area contributed by atoms with Crippen molar-refractivity contribution >= 4 is 28.9 Å². The van der Waals surface area contributed by atoms with Crippen molar-refractivity contribution in [3.8, 4) is 11.5 Å². The first kappa shape index (κ1) is 24.1. The highest BCUT2D eigenvalue weighted by Crippen LogP contribution is 2.31. The molecule has 0 saturated carbocycles. The number of hydrogen-bond acceptors (Lipinski definition) is 4. The van der Waals surface area contributed by atoms with E-state index in [1.54, 1.807) is 6.08 Å². The summed E-state index contributed by atoms with van der Waals surface area (Å²) in [6.45, 7) is 9.58. The number of rotatable bonds is 13. The lowest BCUT2D eigenvalue weighted by Crippen LogP contribution is -2.15. The topological polar surface area (TPSA) is 39.7 Å². The Morgan fingerprint density at radius 1 is 1.00 bits per heavy atom. The van der Waals surface area contributed by atoms with E-state index in [4.69, 9.17) is 37.5 Å². The van der Waals surface area contributed by atoms with Gasteiger partial charge in [-0.3, -0.25) is 10.3 Å². The lowest BCUT2D eigenvalue weighted by Gasteiger charge is -2.17. The molecule has 0 aliphatic heterocycles. The number of aryl methyl sites for hydroxylation is 2. The molecule has 6 heteroatoms. The van der Waals surface area contributed by atoms with Gasteiger partial charge in [-0.2, -0.15) is 0 Å². The molecule has 1 N–H and O–H groups in total. The summed E-state index contributed by atoms with van der Waals surface area (Å²) >= 11 is 11.3. The molecule has 0 aromatic heterocycles. The van der Waals surface area contributed by atoms with Crippen molar-refractivity contribution in [3.05, 3.63) is 76.3 Å². The van der Waals surface area contributed by atoms with E-state index in [1.165, 1.54) is 0 Å². The molecule has 4 nitrogen and oxygen atoms in total. The zero-order valence-corrected chi connectivity index (χ0v) is 19.1. The molecule has 2 rings (SSSR count). The van der Waals surface area contributed by atoms with Gasteiger partial charge in [-0.25, -0.2) is 0 Å². The van der Waals surface area contributed by atoms with Crippen molar-refractivity contribution in [1.29, 1.82) is 0 Å². The fourth-order valence-corrected chi connectivity index (χ4v) is 2.99. The quantitative estimate of drug-likeness (QED) is 0.281. The summed E-state index contributed by atoms with van der Waals surface area (Å²) in [5, 5.41) is 0. The van der Waals surface area contributed by atoms with Crippen LogP contribution < -0.4 is 15.0 Å². The zero-order chi connectivity index (χ0) is 21.8. The highest BCUT2D eigenvalue weighted by atomic mass is 35.5. The standard InChI is InChI=1S/C24H29Cl2NO3/c1-4-19-16-22(28-15-12-23(25)26)17-20(5-2)24(19)29-13-9-14-30-27-18(3)21-10-7-6-8-11-21/h6-8,10-12,16-17,27H,3-5,9,13-15H2,1-2H3. The van der Waals surface area contributed by atoms with E-state index < -0.39 is 0 Å². The molecule has 0 aliphatic carbocycles. The zero-order valence-electron chi connectivity index (χ0n) is 17.5. The average Bonchev–Trinajstić information content (AvgIpc) is 2.76. The van der Waals surface area contributed by atoms with Crippen LogP contribution in [0.4, 0.5) is 0 Å². The van der Waals surface area contributed by atoms with Crippen LogP contribution in [0.1, 0.15) is 37.0 Å². The molecule has 0 fully saturated rings. The minimum absolute atomic E-state index is 0.199. The van der Waals surface area contributed by atoms with Crippen LogP contribution in [-0.2, 0) is 17.7 Å². The van der Waals surface area contributed by atoms with Gasteiger partial charge < -0.3 is 9.47 Å². The van der Waals surface area contributed by atoms with Crippen molar-refractivity contribution in [1.82, 2.24) is 5.48 Å². The third kappa shape index (κ3) is 7.94. The van der Waals surface area contributed by atoms with Crippen LogP contribution in [0.5, 0.6) is 11.5 Å². The Morgan fingerprint density at radius 2 is 1.67 bits per heavy atom. The summed E-state index contributed by atoms with van der Waals surface area (Å²) in [4.78, 5) is 5.51. The largest absolute Gasteiger partial charge is 0.493 e. The van der Waals surface area contributed by atoms with Crippen LogP contribution in [-0.4, -0.2) is 19.8 Å². The molecule has 0 saturated heterocycles. The molecular weight excluding hydrogens is 421 g/mol. The fourth-order valence-electron chi connectivity index (χ4n) is 2.86. The normalized spacial score (nSPS) is 10.4. The number of nitrogens with one attached hydrogen (secondary N) is 1. The van der Waals surface area contributed by atoms with E-state index in [-0.39, 0.29) is 4.49 Å². The van der Waals surface area contributed by atoms with E-state index in [0.29, 0.717) is 19.8 Å². The minimum atomic E-state index is 0.199. The molecular formula is C24H29Cl2NO3. The summed E-state index contributed by atoms with van der Waals surface area (Å²) in [7, 11) is 0. The fraction of sp³-hybridized carbons (Fsp3) is 0.333. The third-order valence-corrected chi connectivity index (χ3v) is 4.73. The molecule has 0 radical (unpaired) electrons. The van der Waals surface area contributed by atoms with Crippen LogP contribution in [0.25, 0.3) is 5.70 Å². The molecule has 0 spiro atoms. The predicted molar refractivity (Wildman–Crippen MR) is 125 cm³/mol. The van der Waals surface area contributed by atoms with Gasteiger partial charge in [-0.05, 0) is 47.7 Å². The molecule has 2 aromatic rings. The maximum Gasteiger partial charge on any atom is 0.125 e. The summed E-state index contributed by atoms with van der Waals surface area (Å²) in [5.41, 5.74) is 6.85. The summed E-state index contributed by atoms with van der Waals surface area (Å²) in [6, 6.07) is 13.9. The smallest absolute Gasteiger partial charge is 0.125 e. The van der Waals surface area contributed by atoms with Crippen molar-refractivity contribution < 1.29 is 14.3 Å². The number of halogens is 2. The Kier molecular flexibility index (Phi) is 10.6. The first-order chi connectivity index (χ1) is 14.5. The van der Waals surface area contributed by atoms with Gasteiger partial charge in [0, 0.05) is 6.42 Å². The highest BCUT2D eigenvalue weighted by Gasteiger charge is 2.11. The molecule has 162 valence electrons. The van der Waals surface area contributed by atoms with E-state index in [1.807, 2.05) is 42.5 Å². The Labute approximate surface area is 189 Å². The second-order valence-electron chi connectivity index (χ2n) is 6.58. The lowest BCUT2D eigenvalue weighted by atomic mass is 10.0. The first-order valence-electron chi connectivity index (χ1n) is 10.1. The highest BCUT2D eigenvalue weighted by molar-refractivity contribution is 6.55. The van der Waals surface area contributed by atoms with Gasteiger partial charge >= 0.3 is 0 Å². The third-order valence-electron chi connectivity index (χ3n) is 4.42. The van der Waals surface area contributed by atoms with Crippen LogP contribution in [0, 0.1) is 0 Å². The molecule has 0 unspecified atom stereocenters. The molecule has 0 aliphatic rings. The molecule has 0 amide bonds. The molecule has 0 atom stereocenters. The summed E-state index contributed by atoms with van der Waals surface area (Å²) in [6.07, 6.45) is 4.06. The number of hydroxylamine groups is 1. The molecule has 0 heterocycles. The predicted octanol–water partition coefficient (Wildman–Crippen LogP) is 6.47. The molecule has 30 heavy (non-hydrogen) atoms. The van der Waals surface area contributed by atoms with Gasteiger partial charge in [-0.1, -0.05) is 74.0 Å². The summed E-state index contributed by atoms with van der Waals surface area (Å²) < 4.78 is 12.0. The Balaban J connectivity index is 1.83. The van der Waals surface area contributed by atoms with Gasteiger partial charge in [-0.15, -0.1) is 0 Å². The van der Waals surface area contributed by atoms with Crippen LogP contribution in [0.3, 0.4) is 0 Å². The van der Waals surface area contributed by atoms with Gasteiger partial charge in [0.2, 0.25) is 0 Å². The Bertz CT molecular complexity index is 809. The second-order valence-corrected chi connectivity index (χ2v) is 7.59. The summed E-state index contributed by atoms with van der Waals surface area (Å²) in [5.74, 6) is 1.72. The monoisotopic (exact) mass is 449 g/mol. The van der Waals surface area contributed by atoms with E-state index in [2.05, 4.69) is 25.9 Å². The van der Waals surface area contributed by atoms with Crippen LogP contribution in [0.15, 0.2) is 59.6 Å². The lowest BCUT2D eigenvalue weighted by molar-refractivity contribution is 0.0685. The SMILES string of the molecule is C=C(NOCCCOc1c(CC)cc(OCC=C(Cl)Cl)cc1CC)c1ccccc1. The van der Waals surface area contributed by atoms with Crippen LogP contribution >= 0.6 is 23.2 Å². The number of hydrogen-bond donors (Lipinski definition) is 1. The Hall–Kier alpha value is -2.14. The first-order valence-corrected chi connectivity index (χ1v) is 10.8. The number of benzene rings is 2. The van der Waals surface area contributed by atoms with Crippen LogP contribution in [0.2, 0.25) is 0 Å². The van der Waals surface area contributed by atoms with Crippen molar-refractivity contribution in [2.75, 3.05) is 19.8 Å². The van der Waals surface area contributed by atoms with Gasteiger partial charge in [0.1, 0.15) is 22.6 Å². The van der Waals surface area contributed by atoms with Crippen molar-refractivity contribution in [2.24, 2.45) is 0 Å². The Morgan fingerprint density at radius 3 is 2.27 bits per heavy atom. The molecule has 2 aromatic carbocycles. The maximum atomic E-state index is 6.10. The van der Waals surface area contributed by atoms with Gasteiger partial charge in [0.25, 0.3) is 0 Å². The number of ether oxygens (including phenoxy) is 2. The minimum Gasteiger partial charge on any atom is -0.493 e. The van der Waals surface area contributed by atoms with Crippen molar-refractivity contribution in [3.63, 3.8) is 0 Å². The van der Waals surface area contributed by atoms with Crippen molar-refractivity contribution in [2.45, 2.75) is 33.1 Å². The maximum absolute atomic E-state index is 6.10.